The molecule has 0 bridgehead atoms. The number of rotatable bonds is 2. The van der Waals surface area contributed by atoms with Crippen LogP contribution in [0.15, 0.2) is 23.6 Å². The minimum Gasteiger partial charge on any atom is -0.299 e. The Morgan fingerprint density at radius 2 is 2.12 bits per heavy atom. The van der Waals surface area contributed by atoms with Crippen molar-refractivity contribution < 1.29 is 13.0 Å². The van der Waals surface area contributed by atoms with Crippen LogP contribution in [0.3, 0.4) is 0 Å². The molecule has 0 fully saturated rings. The summed E-state index contributed by atoms with van der Waals surface area (Å²) in [5, 5.41) is 7.37. The summed E-state index contributed by atoms with van der Waals surface area (Å²) in [6, 6.07) is 3.58. The average Bonchev–Trinajstić information content (AvgIpc) is 2.20. The first-order valence-corrected chi connectivity index (χ1v) is 6.37. The Labute approximate surface area is 97.9 Å². The summed E-state index contributed by atoms with van der Waals surface area (Å²) in [7, 11) is -4.23. The number of nitrogens with one attached hydrogen (secondary N) is 2. The van der Waals surface area contributed by atoms with E-state index in [9.17, 15) is 8.42 Å². The van der Waals surface area contributed by atoms with Crippen LogP contribution < -0.4 is 10.4 Å². The fraction of sp³-hybridized carbons (Fsp3) is 0.0909. The standard InChI is InChI=1S/C11H12N2O3S/c1-3-9-8(6-7(2)17(14,15)16)4-5-10-11(9)13-12-10/h3-6,12-13H,2H2,1H3,(H,14,15,16)/b8-6-,9-3+. The Bertz CT molecular complexity index is 793. The molecule has 1 aromatic carbocycles. The molecular weight excluding hydrogens is 240 g/mol. The summed E-state index contributed by atoms with van der Waals surface area (Å²) in [5.41, 5.74) is 1.86. The summed E-state index contributed by atoms with van der Waals surface area (Å²) >= 11 is 0. The summed E-state index contributed by atoms with van der Waals surface area (Å²) in [4.78, 5) is -0.326. The van der Waals surface area contributed by atoms with Crippen LogP contribution >= 0.6 is 0 Å². The molecule has 0 amide bonds. The Morgan fingerprint density at radius 3 is 2.59 bits per heavy atom. The SMILES string of the molecule is C=C(/C=c1/ccc2[nH][nH]c2/c1=C/C)S(=O)(=O)O. The van der Waals surface area contributed by atoms with Crippen molar-refractivity contribution >= 4 is 33.3 Å². The van der Waals surface area contributed by atoms with E-state index in [1.54, 1.807) is 6.07 Å². The van der Waals surface area contributed by atoms with Gasteiger partial charge in [0.2, 0.25) is 0 Å². The lowest BCUT2D eigenvalue weighted by Crippen LogP contribution is -2.28. The molecule has 0 aliphatic carbocycles. The first kappa shape index (κ1) is 11.7. The Morgan fingerprint density at radius 1 is 1.41 bits per heavy atom. The molecule has 1 aromatic heterocycles. The second-order valence-electron chi connectivity index (χ2n) is 3.62. The van der Waals surface area contributed by atoms with Gasteiger partial charge in [0.15, 0.2) is 0 Å². The van der Waals surface area contributed by atoms with Crippen LogP contribution in [-0.4, -0.2) is 23.2 Å². The average molecular weight is 252 g/mol. The van der Waals surface area contributed by atoms with E-state index >= 15 is 0 Å². The minimum absolute atomic E-state index is 0.326. The van der Waals surface area contributed by atoms with Crippen LogP contribution in [0.25, 0.3) is 23.2 Å². The lowest BCUT2D eigenvalue weighted by molar-refractivity contribution is 0.493. The van der Waals surface area contributed by atoms with E-state index in [4.69, 9.17) is 4.55 Å². The van der Waals surface area contributed by atoms with E-state index in [0.717, 1.165) is 16.3 Å². The second kappa shape index (κ2) is 3.90. The van der Waals surface area contributed by atoms with Gasteiger partial charge in [-0.3, -0.25) is 14.8 Å². The molecule has 2 rings (SSSR count). The predicted octanol–water partition coefficient (Wildman–Crippen LogP) is 0.478. The Hall–Kier alpha value is -1.79. The van der Waals surface area contributed by atoms with Crippen LogP contribution in [0.1, 0.15) is 6.92 Å². The number of benzene rings is 1. The van der Waals surface area contributed by atoms with Gasteiger partial charge in [-0.25, -0.2) is 0 Å². The third kappa shape index (κ3) is 2.04. The van der Waals surface area contributed by atoms with Crippen molar-refractivity contribution in [3.63, 3.8) is 0 Å². The zero-order valence-corrected chi connectivity index (χ0v) is 10.0. The molecule has 0 aliphatic rings. The number of H-pyrrole nitrogens is 2. The van der Waals surface area contributed by atoms with Gasteiger partial charge in [-0.1, -0.05) is 18.7 Å². The third-order valence-electron chi connectivity index (χ3n) is 2.54. The van der Waals surface area contributed by atoms with E-state index in [-0.39, 0.29) is 4.91 Å². The monoisotopic (exact) mass is 252 g/mol. The lowest BCUT2D eigenvalue weighted by Gasteiger charge is -2.04. The van der Waals surface area contributed by atoms with Crippen LogP contribution in [0.5, 0.6) is 0 Å². The highest BCUT2D eigenvalue weighted by molar-refractivity contribution is 7.90. The van der Waals surface area contributed by atoms with Crippen molar-refractivity contribution in [2.24, 2.45) is 0 Å². The van der Waals surface area contributed by atoms with Crippen LogP contribution in [0.2, 0.25) is 0 Å². The third-order valence-corrected chi connectivity index (χ3v) is 3.32. The Balaban J connectivity index is 2.73. The Kier molecular flexibility index (Phi) is 2.68. The molecule has 1 heterocycles. The summed E-state index contributed by atoms with van der Waals surface area (Å²) in [6.45, 7) is 5.17. The molecule has 0 atom stereocenters. The first-order valence-electron chi connectivity index (χ1n) is 4.93. The highest BCUT2D eigenvalue weighted by atomic mass is 32.2. The van der Waals surface area contributed by atoms with Crippen LogP contribution in [0.4, 0.5) is 0 Å². The van der Waals surface area contributed by atoms with E-state index in [1.807, 2.05) is 19.1 Å². The zero-order valence-electron chi connectivity index (χ0n) is 9.19. The van der Waals surface area contributed by atoms with Gasteiger partial charge in [0, 0.05) is 5.22 Å². The topological polar surface area (TPSA) is 86.0 Å². The van der Waals surface area contributed by atoms with Gasteiger partial charge < -0.3 is 0 Å². The van der Waals surface area contributed by atoms with Crippen molar-refractivity contribution in [1.82, 2.24) is 10.2 Å². The second-order valence-corrected chi connectivity index (χ2v) is 5.09. The predicted molar refractivity (Wildman–Crippen MR) is 67.2 cm³/mol. The van der Waals surface area contributed by atoms with Crippen molar-refractivity contribution in [1.29, 1.82) is 0 Å². The van der Waals surface area contributed by atoms with Gasteiger partial charge in [0.25, 0.3) is 10.1 Å². The molecule has 90 valence electrons. The molecule has 17 heavy (non-hydrogen) atoms. The van der Waals surface area contributed by atoms with E-state index < -0.39 is 10.1 Å². The number of aromatic amines is 2. The maximum Gasteiger partial charge on any atom is 0.293 e. The van der Waals surface area contributed by atoms with Crippen molar-refractivity contribution in [2.75, 3.05) is 0 Å². The van der Waals surface area contributed by atoms with Crippen LogP contribution in [-0.2, 0) is 10.1 Å². The molecule has 6 heteroatoms. The van der Waals surface area contributed by atoms with Gasteiger partial charge in [0.05, 0.1) is 15.9 Å². The molecule has 0 saturated carbocycles. The number of hydrogen-bond donors (Lipinski definition) is 3. The molecule has 0 saturated heterocycles. The van der Waals surface area contributed by atoms with Crippen LogP contribution in [0, 0.1) is 0 Å². The maximum absolute atomic E-state index is 10.9. The van der Waals surface area contributed by atoms with Crippen molar-refractivity contribution in [3.05, 3.63) is 34.1 Å². The highest BCUT2D eigenvalue weighted by Gasteiger charge is 2.07. The largest absolute Gasteiger partial charge is 0.299 e. The fourth-order valence-electron chi connectivity index (χ4n) is 1.63. The van der Waals surface area contributed by atoms with Gasteiger partial charge in [-0.2, -0.15) is 8.42 Å². The molecular formula is C11H12N2O3S. The summed E-state index contributed by atoms with van der Waals surface area (Å²) < 4.78 is 30.6. The number of hydrogen-bond acceptors (Lipinski definition) is 2. The molecule has 0 unspecified atom stereocenters. The van der Waals surface area contributed by atoms with Gasteiger partial charge in [-0.05, 0) is 24.3 Å². The summed E-state index contributed by atoms with van der Waals surface area (Å²) in [6.07, 6.45) is 3.20. The molecule has 5 nitrogen and oxygen atoms in total. The zero-order chi connectivity index (χ0) is 12.6. The fourth-order valence-corrected chi connectivity index (χ4v) is 1.90. The molecule has 2 aromatic rings. The lowest BCUT2D eigenvalue weighted by atomic mass is 10.1. The quantitative estimate of drug-likeness (QED) is 0.679. The maximum atomic E-state index is 10.9. The van der Waals surface area contributed by atoms with Crippen molar-refractivity contribution in [3.8, 4) is 0 Å². The number of allylic oxidation sites excluding steroid dienone is 1. The highest BCUT2D eigenvalue weighted by Crippen LogP contribution is 2.03. The van der Waals surface area contributed by atoms with E-state index in [2.05, 4.69) is 16.8 Å². The van der Waals surface area contributed by atoms with Gasteiger partial charge in [0.1, 0.15) is 0 Å². The molecule has 0 aliphatic heterocycles. The smallest absolute Gasteiger partial charge is 0.293 e. The van der Waals surface area contributed by atoms with Gasteiger partial charge in [-0.15, -0.1) is 0 Å². The number of fused-ring (bicyclic) bond motifs is 1. The summed E-state index contributed by atoms with van der Waals surface area (Å²) in [5.74, 6) is 0. The molecule has 0 radical (unpaired) electrons. The normalized spacial score (nSPS) is 14.7. The number of aromatic nitrogens is 2. The van der Waals surface area contributed by atoms with E-state index in [0.29, 0.717) is 5.22 Å². The minimum atomic E-state index is -4.23. The molecule has 3 N–H and O–H groups in total. The molecule has 0 spiro atoms. The first-order chi connectivity index (χ1) is 7.93. The van der Waals surface area contributed by atoms with Crippen molar-refractivity contribution in [2.45, 2.75) is 6.92 Å². The van der Waals surface area contributed by atoms with E-state index in [1.165, 1.54) is 6.08 Å². The van der Waals surface area contributed by atoms with Gasteiger partial charge >= 0.3 is 0 Å².